The van der Waals surface area contributed by atoms with Crippen LogP contribution in [-0.2, 0) is 4.79 Å². The third kappa shape index (κ3) is 5.34. The van der Waals surface area contributed by atoms with Gasteiger partial charge in [0, 0.05) is 10.6 Å². The van der Waals surface area contributed by atoms with Gasteiger partial charge in [-0.3, -0.25) is 4.79 Å². The number of nitrogens with zero attached hydrogens (tertiary/aromatic N) is 1. The molecule has 2 rings (SSSR count). The van der Waals surface area contributed by atoms with E-state index in [2.05, 4.69) is 42.4 Å². The van der Waals surface area contributed by atoms with Gasteiger partial charge in [-0.25, -0.2) is 5.43 Å². The fourth-order valence-electron chi connectivity index (χ4n) is 1.75. The van der Waals surface area contributed by atoms with E-state index >= 15 is 0 Å². The number of hydrogen-bond donors (Lipinski definition) is 1. The van der Waals surface area contributed by atoms with Gasteiger partial charge in [0.15, 0.2) is 6.61 Å². The molecule has 120 valence electrons. The second-order valence-electron chi connectivity index (χ2n) is 4.66. The lowest BCUT2D eigenvalue weighted by atomic mass is 10.2. The Morgan fingerprint density at radius 3 is 2.61 bits per heavy atom. The summed E-state index contributed by atoms with van der Waals surface area (Å²) in [6, 6.07) is 11.0. The van der Waals surface area contributed by atoms with E-state index in [4.69, 9.17) is 16.3 Å². The highest BCUT2D eigenvalue weighted by Gasteiger charge is 2.09. The van der Waals surface area contributed by atoms with E-state index < -0.39 is 0 Å². The minimum Gasteiger partial charge on any atom is -0.481 e. The summed E-state index contributed by atoms with van der Waals surface area (Å²) in [5, 5.41) is 4.43. The predicted octanol–water partition coefficient (Wildman–Crippen LogP) is 4.70. The van der Waals surface area contributed by atoms with Gasteiger partial charge in [0.2, 0.25) is 0 Å². The van der Waals surface area contributed by atoms with Crippen LogP contribution in [-0.4, -0.2) is 18.7 Å². The number of halogens is 3. The molecule has 0 spiro atoms. The largest absolute Gasteiger partial charge is 0.481 e. The highest BCUT2D eigenvalue weighted by molar-refractivity contribution is 9.11. The molecule has 0 aliphatic rings. The molecule has 1 N–H and O–H groups in total. The molecule has 0 bridgehead atoms. The fraction of sp³-hybridized carbons (Fsp3) is 0.125. The summed E-state index contributed by atoms with van der Waals surface area (Å²) in [4.78, 5) is 11.8. The van der Waals surface area contributed by atoms with E-state index in [1.54, 1.807) is 12.1 Å². The molecule has 0 atom stereocenters. The van der Waals surface area contributed by atoms with Crippen molar-refractivity contribution in [3.8, 4) is 5.75 Å². The van der Waals surface area contributed by atoms with Crippen LogP contribution in [0.25, 0.3) is 0 Å². The van der Waals surface area contributed by atoms with E-state index in [0.29, 0.717) is 10.8 Å². The van der Waals surface area contributed by atoms with Crippen molar-refractivity contribution >= 4 is 55.6 Å². The molecule has 0 aliphatic carbocycles. The highest BCUT2D eigenvalue weighted by Crippen LogP contribution is 2.34. The maximum absolute atomic E-state index is 11.8. The van der Waals surface area contributed by atoms with Gasteiger partial charge in [-0.1, -0.05) is 29.8 Å². The molecule has 0 unspecified atom stereocenters. The maximum atomic E-state index is 11.8. The fourth-order valence-corrected chi connectivity index (χ4v) is 3.58. The topological polar surface area (TPSA) is 50.7 Å². The number of rotatable bonds is 5. The van der Waals surface area contributed by atoms with E-state index in [-0.39, 0.29) is 12.5 Å². The Kier molecular flexibility index (Phi) is 6.62. The lowest BCUT2D eigenvalue weighted by Crippen LogP contribution is -2.24. The lowest BCUT2D eigenvalue weighted by molar-refractivity contribution is -0.123. The van der Waals surface area contributed by atoms with Gasteiger partial charge < -0.3 is 4.74 Å². The molecular formula is C16H13Br2ClN2O2. The molecule has 0 fully saturated rings. The number of amides is 1. The number of aryl methyl sites for hydroxylation is 1. The molecule has 4 nitrogen and oxygen atoms in total. The van der Waals surface area contributed by atoms with E-state index in [1.165, 1.54) is 6.21 Å². The normalized spacial score (nSPS) is 10.8. The number of carbonyl (C=O) groups is 1. The van der Waals surface area contributed by atoms with Crippen LogP contribution in [0.3, 0.4) is 0 Å². The third-order valence-electron chi connectivity index (χ3n) is 2.79. The van der Waals surface area contributed by atoms with Gasteiger partial charge in [-0.2, -0.15) is 5.10 Å². The zero-order valence-corrected chi connectivity index (χ0v) is 16.1. The van der Waals surface area contributed by atoms with E-state index in [1.807, 2.05) is 31.2 Å². The monoisotopic (exact) mass is 458 g/mol. The Hall–Kier alpha value is -1.37. The molecular weight excluding hydrogens is 447 g/mol. The summed E-state index contributed by atoms with van der Waals surface area (Å²) < 4.78 is 7.05. The van der Waals surface area contributed by atoms with Crippen LogP contribution in [0.4, 0.5) is 0 Å². The van der Waals surface area contributed by atoms with Crippen molar-refractivity contribution in [2.24, 2.45) is 5.10 Å². The predicted molar refractivity (Wildman–Crippen MR) is 99.3 cm³/mol. The molecule has 0 radical (unpaired) electrons. The number of hydrazone groups is 1. The van der Waals surface area contributed by atoms with Crippen molar-refractivity contribution in [2.75, 3.05) is 6.61 Å². The van der Waals surface area contributed by atoms with Crippen molar-refractivity contribution < 1.29 is 9.53 Å². The van der Waals surface area contributed by atoms with Crippen LogP contribution in [0.15, 0.2) is 50.4 Å². The molecule has 0 heterocycles. The number of hydrogen-bond acceptors (Lipinski definition) is 3. The first kappa shape index (κ1) is 18.0. The van der Waals surface area contributed by atoms with E-state index in [0.717, 1.165) is 20.1 Å². The Balaban J connectivity index is 1.90. The molecule has 0 saturated heterocycles. The number of nitrogens with one attached hydrogen (secondary N) is 1. The second kappa shape index (κ2) is 8.47. The Labute approximate surface area is 156 Å². The van der Waals surface area contributed by atoms with Crippen molar-refractivity contribution in [2.45, 2.75) is 6.92 Å². The quantitative estimate of drug-likeness (QED) is 0.519. The molecule has 7 heteroatoms. The van der Waals surface area contributed by atoms with Gasteiger partial charge in [0.1, 0.15) is 5.75 Å². The maximum Gasteiger partial charge on any atom is 0.277 e. The van der Waals surface area contributed by atoms with Crippen LogP contribution < -0.4 is 10.2 Å². The molecule has 2 aromatic rings. The molecule has 0 saturated carbocycles. The average Bonchev–Trinajstić information content (AvgIpc) is 2.48. The van der Waals surface area contributed by atoms with Gasteiger partial charge in [0.05, 0.1) is 15.2 Å². The minimum atomic E-state index is -0.368. The van der Waals surface area contributed by atoms with Crippen LogP contribution in [0, 0.1) is 6.92 Å². The molecule has 0 aliphatic heterocycles. The van der Waals surface area contributed by atoms with E-state index in [9.17, 15) is 4.79 Å². The van der Waals surface area contributed by atoms with Crippen LogP contribution >= 0.6 is 43.5 Å². The van der Waals surface area contributed by atoms with Crippen molar-refractivity contribution in [1.82, 2.24) is 5.43 Å². The van der Waals surface area contributed by atoms with Crippen molar-refractivity contribution in [3.63, 3.8) is 0 Å². The Morgan fingerprint density at radius 2 is 1.96 bits per heavy atom. The first-order valence-corrected chi connectivity index (χ1v) is 8.58. The summed E-state index contributed by atoms with van der Waals surface area (Å²) >= 11 is 12.8. The summed E-state index contributed by atoms with van der Waals surface area (Å²) in [6.45, 7) is 1.82. The number of carbonyl (C=O) groups excluding carboxylic acids is 1. The number of benzene rings is 2. The molecule has 0 aromatic heterocycles. The molecule has 1 amide bonds. The standard InChI is InChI=1S/C16H13Br2ClN2O2/c1-10-6-12(17)16(13(18)7-10)23-9-15(22)21-20-8-11-4-2-3-5-14(11)19/h2-8H,9H2,1H3,(H,21,22). The van der Waals surface area contributed by atoms with Crippen LogP contribution in [0.2, 0.25) is 5.02 Å². The second-order valence-corrected chi connectivity index (χ2v) is 6.78. The summed E-state index contributed by atoms with van der Waals surface area (Å²) in [6.07, 6.45) is 1.48. The van der Waals surface area contributed by atoms with Crippen molar-refractivity contribution in [1.29, 1.82) is 0 Å². The van der Waals surface area contributed by atoms with Crippen molar-refractivity contribution in [3.05, 3.63) is 61.5 Å². The summed E-state index contributed by atoms with van der Waals surface area (Å²) in [5.74, 6) is 0.202. The molecule has 23 heavy (non-hydrogen) atoms. The zero-order valence-electron chi connectivity index (χ0n) is 12.1. The minimum absolute atomic E-state index is 0.153. The average molecular weight is 461 g/mol. The van der Waals surface area contributed by atoms with Crippen LogP contribution in [0.1, 0.15) is 11.1 Å². The summed E-state index contributed by atoms with van der Waals surface area (Å²) in [5.41, 5.74) is 4.19. The first-order chi connectivity index (χ1) is 11.0. The molecule has 2 aromatic carbocycles. The lowest BCUT2D eigenvalue weighted by Gasteiger charge is -2.10. The highest BCUT2D eigenvalue weighted by atomic mass is 79.9. The summed E-state index contributed by atoms with van der Waals surface area (Å²) in [7, 11) is 0. The van der Waals surface area contributed by atoms with Gasteiger partial charge in [0.25, 0.3) is 5.91 Å². The van der Waals surface area contributed by atoms with Gasteiger partial charge in [-0.15, -0.1) is 0 Å². The Morgan fingerprint density at radius 1 is 1.30 bits per heavy atom. The third-order valence-corrected chi connectivity index (χ3v) is 4.31. The van der Waals surface area contributed by atoms with Gasteiger partial charge >= 0.3 is 0 Å². The Bertz CT molecular complexity index is 728. The van der Waals surface area contributed by atoms with Gasteiger partial charge in [-0.05, 0) is 62.5 Å². The number of ether oxygens (including phenoxy) is 1. The SMILES string of the molecule is Cc1cc(Br)c(OCC(=O)NN=Cc2ccccc2Cl)c(Br)c1. The smallest absolute Gasteiger partial charge is 0.277 e. The van der Waals surface area contributed by atoms with Crippen LogP contribution in [0.5, 0.6) is 5.75 Å². The zero-order chi connectivity index (χ0) is 16.8. The first-order valence-electron chi connectivity index (χ1n) is 6.62.